The number of nitrogens with one attached hydrogen (secondary N) is 2. The van der Waals surface area contributed by atoms with Crippen LogP contribution >= 0.6 is 12.4 Å². The van der Waals surface area contributed by atoms with Gasteiger partial charge < -0.3 is 19.9 Å². The summed E-state index contributed by atoms with van der Waals surface area (Å²) in [7, 11) is 1.60. The van der Waals surface area contributed by atoms with Gasteiger partial charge in [-0.3, -0.25) is 4.79 Å². The molecule has 0 unspecified atom stereocenters. The van der Waals surface area contributed by atoms with Gasteiger partial charge in [-0.15, -0.1) is 12.4 Å². The third-order valence-electron chi connectivity index (χ3n) is 4.73. The second kappa shape index (κ2) is 8.62. The maximum absolute atomic E-state index is 12.9. The van der Waals surface area contributed by atoms with E-state index in [9.17, 15) is 4.79 Å². The van der Waals surface area contributed by atoms with Gasteiger partial charge in [0.15, 0.2) is 5.82 Å². The van der Waals surface area contributed by atoms with Crippen LogP contribution in [0.25, 0.3) is 11.5 Å². The van der Waals surface area contributed by atoms with Crippen LogP contribution in [0, 0.1) is 6.92 Å². The number of benzene rings is 1. The zero-order chi connectivity index (χ0) is 17.9. The topological polar surface area (TPSA) is 89.3 Å². The summed E-state index contributed by atoms with van der Waals surface area (Å²) in [6, 6.07) is 5.71. The fraction of sp³-hybridized carbons (Fsp3) is 0.500. The van der Waals surface area contributed by atoms with Gasteiger partial charge in [0.25, 0.3) is 11.8 Å². The minimum absolute atomic E-state index is 0. The summed E-state index contributed by atoms with van der Waals surface area (Å²) in [6.45, 7) is 5.45. The molecule has 0 aliphatic carbocycles. The number of methoxy groups -OCH3 is 1. The molecule has 2 heterocycles. The number of hydrogen-bond donors (Lipinski definition) is 2. The van der Waals surface area contributed by atoms with Gasteiger partial charge in [0.05, 0.1) is 0 Å². The Morgan fingerprint density at radius 1 is 1.38 bits per heavy atom. The van der Waals surface area contributed by atoms with E-state index < -0.39 is 5.60 Å². The Hall–Kier alpha value is -1.96. The van der Waals surface area contributed by atoms with Crippen LogP contribution in [0.2, 0.25) is 0 Å². The Morgan fingerprint density at radius 2 is 2.12 bits per heavy atom. The molecule has 1 aliphatic heterocycles. The molecule has 1 amide bonds. The summed E-state index contributed by atoms with van der Waals surface area (Å²) >= 11 is 0. The highest BCUT2D eigenvalue weighted by Crippen LogP contribution is 2.28. The molecule has 0 atom stereocenters. The third kappa shape index (κ3) is 4.06. The number of carbonyl (C=O) groups is 1. The highest BCUT2D eigenvalue weighted by Gasteiger charge is 2.39. The molecule has 0 radical (unpaired) electrons. The molecule has 7 nitrogen and oxygen atoms in total. The molecule has 26 heavy (non-hydrogen) atoms. The Bertz CT molecular complexity index is 757. The van der Waals surface area contributed by atoms with Crippen molar-refractivity contribution in [1.29, 1.82) is 0 Å². The van der Waals surface area contributed by atoms with Crippen LogP contribution < -0.4 is 10.6 Å². The number of hydrogen-bond acceptors (Lipinski definition) is 6. The first kappa shape index (κ1) is 20.4. The van der Waals surface area contributed by atoms with Gasteiger partial charge in [0.2, 0.25) is 0 Å². The third-order valence-corrected chi connectivity index (χ3v) is 4.73. The van der Waals surface area contributed by atoms with Crippen molar-refractivity contribution in [3.63, 3.8) is 0 Å². The van der Waals surface area contributed by atoms with E-state index in [1.807, 2.05) is 32.0 Å². The molecule has 1 fully saturated rings. The van der Waals surface area contributed by atoms with E-state index >= 15 is 0 Å². The van der Waals surface area contributed by atoms with E-state index in [0.29, 0.717) is 31.0 Å². The number of aryl methyl sites for hydroxylation is 2. The number of halogens is 1. The van der Waals surface area contributed by atoms with Gasteiger partial charge in [0, 0.05) is 24.8 Å². The fourth-order valence-electron chi connectivity index (χ4n) is 3.00. The molecular weight excluding hydrogens is 356 g/mol. The second-order valence-electron chi connectivity index (χ2n) is 6.30. The van der Waals surface area contributed by atoms with Gasteiger partial charge in [-0.1, -0.05) is 18.1 Å². The Morgan fingerprint density at radius 3 is 2.73 bits per heavy atom. The van der Waals surface area contributed by atoms with E-state index in [2.05, 4.69) is 20.8 Å². The number of nitrogens with zero attached hydrogens (tertiary/aromatic N) is 2. The number of aromatic nitrogens is 2. The van der Waals surface area contributed by atoms with E-state index in [0.717, 1.165) is 29.9 Å². The van der Waals surface area contributed by atoms with Crippen molar-refractivity contribution in [2.45, 2.75) is 38.7 Å². The molecule has 1 aliphatic rings. The van der Waals surface area contributed by atoms with Crippen LogP contribution in [0.5, 0.6) is 0 Å². The van der Waals surface area contributed by atoms with Crippen molar-refractivity contribution in [2.75, 3.05) is 25.5 Å². The number of anilines is 1. The Labute approximate surface area is 159 Å². The van der Waals surface area contributed by atoms with Crippen LogP contribution in [0.1, 0.15) is 31.2 Å². The average Bonchev–Trinajstić information content (AvgIpc) is 3.13. The van der Waals surface area contributed by atoms with E-state index in [1.165, 1.54) is 0 Å². The molecule has 1 aromatic heterocycles. The maximum atomic E-state index is 12.9. The van der Waals surface area contributed by atoms with Crippen LogP contribution in [0.4, 0.5) is 5.69 Å². The monoisotopic (exact) mass is 380 g/mol. The van der Waals surface area contributed by atoms with Crippen molar-refractivity contribution in [3.05, 3.63) is 29.6 Å². The number of rotatable bonds is 5. The predicted octanol–water partition coefficient (Wildman–Crippen LogP) is 2.74. The maximum Gasteiger partial charge on any atom is 0.257 e. The van der Waals surface area contributed by atoms with Crippen molar-refractivity contribution < 1.29 is 14.1 Å². The quantitative estimate of drug-likeness (QED) is 0.829. The van der Waals surface area contributed by atoms with E-state index in [4.69, 9.17) is 9.26 Å². The number of ether oxygens (including phenoxy) is 1. The smallest absolute Gasteiger partial charge is 0.257 e. The first-order valence-corrected chi connectivity index (χ1v) is 8.59. The molecule has 8 heteroatoms. The van der Waals surface area contributed by atoms with Gasteiger partial charge in [-0.25, -0.2) is 0 Å². The van der Waals surface area contributed by atoms with Gasteiger partial charge in [-0.05, 0) is 50.6 Å². The highest BCUT2D eigenvalue weighted by molar-refractivity contribution is 5.98. The molecule has 142 valence electrons. The normalized spacial score (nSPS) is 16.0. The van der Waals surface area contributed by atoms with E-state index in [1.54, 1.807) is 7.11 Å². The largest absolute Gasteiger partial charge is 0.368 e. The van der Waals surface area contributed by atoms with Crippen molar-refractivity contribution in [3.8, 4) is 11.5 Å². The van der Waals surface area contributed by atoms with Gasteiger partial charge >= 0.3 is 0 Å². The fourth-order valence-corrected chi connectivity index (χ4v) is 3.00. The van der Waals surface area contributed by atoms with Crippen LogP contribution in [0.15, 0.2) is 22.7 Å². The SMILES string of the molecule is CCc1noc(-c2ccc(C)c(NC(=O)C3(OC)CCNCC3)c2)n1.Cl. The predicted molar refractivity (Wildman–Crippen MR) is 102 cm³/mol. The van der Waals surface area contributed by atoms with Crippen LogP contribution in [-0.4, -0.2) is 41.8 Å². The summed E-state index contributed by atoms with van der Waals surface area (Å²) in [5, 5.41) is 10.2. The van der Waals surface area contributed by atoms with Crippen LogP contribution in [0.3, 0.4) is 0 Å². The van der Waals surface area contributed by atoms with Gasteiger partial charge in [0.1, 0.15) is 5.60 Å². The molecular formula is C18H25ClN4O3. The molecule has 1 aromatic carbocycles. The van der Waals surface area contributed by atoms with E-state index in [-0.39, 0.29) is 18.3 Å². The molecule has 0 spiro atoms. The molecule has 1 saturated heterocycles. The number of piperidine rings is 1. The number of carbonyl (C=O) groups excluding carboxylic acids is 1. The number of amides is 1. The lowest BCUT2D eigenvalue weighted by atomic mass is 9.91. The lowest BCUT2D eigenvalue weighted by Gasteiger charge is -2.34. The summed E-state index contributed by atoms with van der Waals surface area (Å²) in [4.78, 5) is 17.2. The van der Waals surface area contributed by atoms with Gasteiger partial charge in [-0.2, -0.15) is 4.98 Å². The summed E-state index contributed by atoms with van der Waals surface area (Å²) < 4.78 is 10.9. The highest BCUT2D eigenvalue weighted by atomic mass is 35.5. The van der Waals surface area contributed by atoms with Crippen molar-refractivity contribution in [2.24, 2.45) is 0 Å². The van der Waals surface area contributed by atoms with Crippen LogP contribution in [-0.2, 0) is 16.0 Å². The summed E-state index contributed by atoms with van der Waals surface area (Å²) in [5.41, 5.74) is 1.69. The molecule has 3 rings (SSSR count). The standard InChI is InChI=1S/C18H24N4O3.ClH/c1-4-15-21-16(25-22-15)13-6-5-12(2)14(11-13)20-17(23)18(24-3)7-9-19-10-8-18;/h5-6,11,19H,4,7-10H2,1-3H3,(H,20,23);1H. The average molecular weight is 381 g/mol. The van der Waals surface area contributed by atoms with Crippen molar-refractivity contribution in [1.82, 2.24) is 15.5 Å². The molecule has 0 bridgehead atoms. The summed E-state index contributed by atoms with van der Waals surface area (Å²) in [5.74, 6) is 1.00. The molecule has 0 saturated carbocycles. The second-order valence-corrected chi connectivity index (χ2v) is 6.30. The minimum Gasteiger partial charge on any atom is -0.368 e. The first-order valence-electron chi connectivity index (χ1n) is 8.59. The lowest BCUT2D eigenvalue weighted by Crippen LogP contribution is -2.51. The Balaban J connectivity index is 0.00000243. The first-order chi connectivity index (χ1) is 12.1. The Kier molecular flexibility index (Phi) is 6.75. The zero-order valence-electron chi connectivity index (χ0n) is 15.3. The lowest BCUT2D eigenvalue weighted by molar-refractivity contribution is -0.140. The zero-order valence-corrected chi connectivity index (χ0v) is 16.1. The molecule has 2 aromatic rings. The summed E-state index contributed by atoms with van der Waals surface area (Å²) in [6.07, 6.45) is 2.01. The minimum atomic E-state index is -0.784. The van der Waals surface area contributed by atoms with Crippen molar-refractivity contribution >= 4 is 24.0 Å². The molecule has 2 N–H and O–H groups in total.